The number of benzene rings is 2. The summed E-state index contributed by atoms with van der Waals surface area (Å²) in [5, 5.41) is 14.6. The van der Waals surface area contributed by atoms with E-state index >= 15 is 0 Å². The van der Waals surface area contributed by atoms with Gasteiger partial charge in [-0.15, -0.1) is 0 Å². The van der Waals surface area contributed by atoms with Crippen LogP contribution in [0.2, 0.25) is 0 Å². The molecule has 0 atom stereocenters. The molecule has 2 aromatic carbocycles. The number of hydrogen-bond donors (Lipinski definition) is 4. The van der Waals surface area contributed by atoms with Crippen molar-refractivity contribution in [2.24, 2.45) is 11.5 Å². The Kier molecular flexibility index (Phi) is 5.96. The average molecular weight is 324 g/mol. The molecule has 6 nitrogen and oxygen atoms in total. The van der Waals surface area contributed by atoms with Crippen LogP contribution in [0.15, 0.2) is 60.7 Å². The van der Waals surface area contributed by atoms with Crippen molar-refractivity contribution in [2.75, 3.05) is 13.2 Å². The summed E-state index contributed by atoms with van der Waals surface area (Å²) in [7, 11) is 0. The Morgan fingerprint density at radius 3 is 1.33 bits per heavy atom. The molecule has 124 valence electrons. The zero-order chi connectivity index (χ0) is 17.4. The minimum Gasteiger partial charge on any atom is -0.490 e. The van der Waals surface area contributed by atoms with Crippen molar-refractivity contribution >= 4 is 11.7 Å². The Labute approximate surface area is 140 Å². The van der Waals surface area contributed by atoms with Gasteiger partial charge in [0.05, 0.1) is 0 Å². The molecule has 0 radical (unpaired) electrons. The third-order valence-electron chi connectivity index (χ3n) is 3.19. The second-order valence-electron chi connectivity index (χ2n) is 4.97. The quantitative estimate of drug-likeness (QED) is 0.338. The molecule has 0 unspecified atom stereocenters. The first-order valence-corrected chi connectivity index (χ1v) is 7.36. The molecule has 2 aromatic rings. The van der Waals surface area contributed by atoms with Crippen molar-refractivity contribution in [3.8, 4) is 11.5 Å². The molecular formula is C18H20N4O2. The van der Waals surface area contributed by atoms with Crippen molar-refractivity contribution < 1.29 is 9.47 Å². The molecular weight excluding hydrogens is 304 g/mol. The van der Waals surface area contributed by atoms with Crippen LogP contribution in [-0.2, 0) is 0 Å². The van der Waals surface area contributed by atoms with Gasteiger partial charge in [0.1, 0.15) is 36.4 Å². The fourth-order valence-corrected chi connectivity index (χ4v) is 1.89. The zero-order valence-corrected chi connectivity index (χ0v) is 13.2. The largest absolute Gasteiger partial charge is 0.490 e. The van der Waals surface area contributed by atoms with Crippen LogP contribution in [0.3, 0.4) is 0 Å². The highest BCUT2D eigenvalue weighted by atomic mass is 16.5. The minimum absolute atomic E-state index is 0.0370. The van der Waals surface area contributed by atoms with Crippen LogP contribution in [-0.4, -0.2) is 24.9 Å². The first-order valence-electron chi connectivity index (χ1n) is 7.36. The molecule has 0 spiro atoms. The number of nitrogens with two attached hydrogens (primary N) is 2. The Hall–Kier alpha value is -3.28. The van der Waals surface area contributed by atoms with Gasteiger partial charge < -0.3 is 20.9 Å². The number of nitrogens with one attached hydrogen (secondary N) is 2. The first-order chi connectivity index (χ1) is 11.6. The monoisotopic (exact) mass is 324 g/mol. The maximum Gasteiger partial charge on any atom is 0.122 e. The number of amidine groups is 2. The summed E-state index contributed by atoms with van der Waals surface area (Å²) in [6, 6.07) is 14.1. The van der Waals surface area contributed by atoms with Crippen molar-refractivity contribution in [3.63, 3.8) is 0 Å². The molecule has 0 bridgehead atoms. The van der Waals surface area contributed by atoms with Gasteiger partial charge in [-0.2, -0.15) is 0 Å². The van der Waals surface area contributed by atoms with E-state index in [9.17, 15) is 0 Å². The molecule has 0 aliphatic rings. The van der Waals surface area contributed by atoms with Crippen LogP contribution in [0, 0.1) is 10.8 Å². The molecule has 6 N–H and O–H groups in total. The standard InChI is InChI=1S/C18H20N4O2/c19-17(20)13-3-7-15(8-4-13)23-11-1-2-12-24-16-9-5-14(6-10-16)18(21)22/h1-10H,11-12H2,(H3,19,20)(H3,21,22)/b2-1+. The van der Waals surface area contributed by atoms with Gasteiger partial charge in [-0.25, -0.2) is 0 Å². The smallest absolute Gasteiger partial charge is 0.122 e. The Balaban J connectivity index is 1.71. The minimum atomic E-state index is 0.0370. The van der Waals surface area contributed by atoms with Crippen LogP contribution in [0.25, 0.3) is 0 Å². The summed E-state index contributed by atoms with van der Waals surface area (Å²) in [5.74, 6) is 1.50. The van der Waals surface area contributed by atoms with Gasteiger partial charge in [0, 0.05) is 11.1 Å². The van der Waals surface area contributed by atoms with Crippen molar-refractivity contribution in [1.82, 2.24) is 0 Å². The van der Waals surface area contributed by atoms with Crippen LogP contribution < -0.4 is 20.9 Å². The second kappa shape index (κ2) is 8.38. The summed E-state index contributed by atoms with van der Waals surface area (Å²) in [4.78, 5) is 0. The SMILES string of the molecule is N=C(N)c1ccc(OC/C=C/COc2ccc(C(=N)N)cc2)cc1. The lowest BCUT2D eigenvalue weighted by Gasteiger charge is -2.05. The zero-order valence-electron chi connectivity index (χ0n) is 13.2. The summed E-state index contributed by atoms with van der Waals surface area (Å²) in [6.07, 6.45) is 3.73. The van der Waals surface area contributed by atoms with E-state index in [0.717, 1.165) is 0 Å². The summed E-state index contributed by atoms with van der Waals surface area (Å²) in [6.45, 7) is 0.845. The fourth-order valence-electron chi connectivity index (χ4n) is 1.89. The molecule has 0 aromatic heterocycles. The van der Waals surface area contributed by atoms with Crippen molar-refractivity contribution in [1.29, 1.82) is 10.8 Å². The molecule has 0 amide bonds. The topological polar surface area (TPSA) is 118 Å². The van der Waals surface area contributed by atoms with Gasteiger partial charge in [-0.3, -0.25) is 10.8 Å². The van der Waals surface area contributed by atoms with Gasteiger partial charge >= 0.3 is 0 Å². The summed E-state index contributed by atoms with van der Waals surface area (Å²) < 4.78 is 11.1. The first kappa shape index (κ1) is 17.1. The van der Waals surface area contributed by atoms with Crippen LogP contribution in [0.5, 0.6) is 11.5 Å². The van der Waals surface area contributed by atoms with Gasteiger partial charge in [0.25, 0.3) is 0 Å². The van der Waals surface area contributed by atoms with E-state index in [0.29, 0.717) is 35.8 Å². The molecule has 0 saturated carbocycles. The van der Waals surface area contributed by atoms with E-state index < -0.39 is 0 Å². The third kappa shape index (κ3) is 5.17. The van der Waals surface area contributed by atoms with Gasteiger partial charge in [-0.1, -0.05) is 0 Å². The molecule has 0 saturated heterocycles. The number of ether oxygens (including phenoxy) is 2. The molecule has 24 heavy (non-hydrogen) atoms. The average Bonchev–Trinajstić information content (AvgIpc) is 2.58. The highest BCUT2D eigenvalue weighted by Crippen LogP contribution is 2.13. The lowest BCUT2D eigenvalue weighted by atomic mass is 10.2. The lowest BCUT2D eigenvalue weighted by molar-refractivity contribution is 0.350. The summed E-state index contributed by atoms with van der Waals surface area (Å²) >= 11 is 0. The maximum absolute atomic E-state index is 7.32. The van der Waals surface area contributed by atoms with Gasteiger partial charge in [0.15, 0.2) is 0 Å². The van der Waals surface area contributed by atoms with E-state index in [4.69, 9.17) is 31.8 Å². The third-order valence-corrected chi connectivity index (χ3v) is 3.19. The van der Waals surface area contributed by atoms with Gasteiger partial charge in [0.2, 0.25) is 0 Å². The van der Waals surface area contributed by atoms with E-state index in [2.05, 4.69) is 0 Å². The van der Waals surface area contributed by atoms with Crippen molar-refractivity contribution in [2.45, 2.75) is 0 Å². The molecule has 0 aliphatic heterocycles. The molecule has 0 heterocycles. The summed E-state index contributed by atoms with van der Waals surface area (Å²) in [5.41, 5.74) is 12.1. The Morgan fingerprint density at radius 1 is 0.708 bits per heavy atom. The maximum atomic E-state index is 7.32. The van der Waals surface area contributed by atoms with E-state index in [1.807, 2.05) is 12.2 Å². The van der Waals surface area contributed by atoms with Crippen LogP contribution in [0.1, 0.15) is 11.1 Å². The van der Waals surface area contributed by atoms with Crippen molar-refractivity contribution in [3.05, 3.63) is 71.8 Å². The van der Waals surface area contributed by atoms with Crippen LogP contribution >= 0.6 is 0 Å². The van der Waals surface area contributed by atoms with E-state index in [-0.39, 0.29) is 11.7 Å². The normalized spacial score (nSPS) is 10.5. The molecule has 0 aliphatic carbocycles. The van der Waals surface area contributed by atoms with Crippen LogP contribution in [0.4, 0.5) is 0 Å². The Bertz CT molecular complexity index is 658. The number of rotatable bonds is 8. The highest BCUT2D eigenvalue weighted by Gasteiger charge is 1.98. The lowest BCUT2D eigenvalue weighted by Crippen LogP contribution is -2.10. The molecule has 0 fully saturated rings. The number of hydrogen-bond acceptors (Lipinski definition) is 4. The number of nitrogen functional groups attached to an aromatic ring is 2. The van der Waals surface area contributed by atoms with E-state index in [1.54, 1.807) is 48.5 Å². The molecule has 2 rings (SSSR count). The molecule has 6 heteroatoms. The fraction of sp³-hybridized carbons (Fsp3) is 0.111. The highest BCUT2D eigenvalue weighted by molar-refractivity contribution is 5.95. The second-order valence-corrected chi connectivity index (χ2v) is 4.97. The Morgan fingerprint density at radius 2 is 1.04 bits per heavy atom. The predicted octanol–water partition coefficient (Wildman–Crippen LogP) is 2.27. The predicted molar refractivity (Wildman–Crippen MR) is 95.0 cm³/mol. The van der Waals surface area contributed by atoms with Gasteiger partial charge in [-0.05, 0) is 60.7 Å². The van der Waals surface area contributed by atoms with E-state index in [1.165, 1.54) is 0 Å².